The van der Waals surface area contributed by atoms with Gasteiger partial charge in [-0.05, 0) is 0 Å². The van der Waals surface area contributed by atoms with E-state index in [0.717, 1.165) is 19.5 Å². The fourth-order valence-corrected chi connectivity index (χ4v) is 1.14. The van der Waals surface area contributed by atoms with Crippen LogP contribution in [0.15, 0.2) is 6.20 Å². The van der Waals surface area contributed by atoms with E-state index < -0.39 is 6.03 Å². The van der Waals surface area contributed by atoms with Gasteiger partial charge >= 0.3 is 6.03 Å². The molecule has 1 aliphatic rings. The molecule has 6 heteroatoms. The maximum absolute atomic E-state index is 9.00. The number of primary amides is 2. The van der Waals surface area contributed by atoms with E-state index in [4.69, 9.17) is 4.79 Å². The summed E-state index contributed by atoms with van der Waals surface area (Å²) < 4.78 is 0. The van der Waals surface area contributed by atoms with Crippen LogP contribution in [-0.2, 0) is 13.0 Å². The molecule has 0 saturated carbocycles. The highest BCUT2D eigenvalue weighted by Gasteiger charge is 2.08. The summed E-state index contributed by atoms with van der Waals surface area (Å²) in [4.78, 5) is 9.00. The standard InChI is InChI=1S/C6H9N3.CH4N2O/c1-2-7-3-5-4-8-9-6(1)5;2-1(3)4/h4,7H,1-3H2,(H,8,9);(H4,2,3,4). The third-order valence-corrected chi connectivity index (χ3v) is 1.67. The Labute approximate surface area is 75.7 Å². The average Bonchev–Trinajstić information content (AvgIpc) is 2.49. The van der Waals surface area contributed by atoms with Gasteiger partial charge in [-0.2, -0.15) is 5.10 Å². The molecule has 0 radical (unpaired) electrons. The molecule has 6 nitrogen and oxygen atoms in total. The summed E-state index contributed by atoms with van der Waals surface area (Å²) in [5.74, 6) is 0. The number of aromatic amines is 1. The summed E-state index contributed by atoms with van der Waals surface area (Å²) in [6.45, 7) is 2.06. The summed E-state index contributed by atoms with van der Waals surface area (Å²) in [7, 11) is 0. The minimum absolute atomic E-state index is 0.833. The Morgan fingerprint density at radius 2 is 2.23 bits per heavy atom. The van der Waals surface area contributed by atoms with Crippen molar-refractivity contribution in [2.45, 2.75) is 13.0 Å². The van der Waals surface area contributed by atoms with Gasteiger partial charge in [-0.1, -0.05) is 0 Å². The molecule has 2 amide bonds. The molecule has 1 aromatic heterocycles. The van der Waals surface area contributed by atoms with Crippen molar-refractivity contribution >= 4 is 6.03 Å². The second kappa shape index (κ2) is 4.46. The molecule has 1 aliphatic heterocycles. The number of hydrogen-bond donors (Lipinski definition) is 4. The largest absolute Gasteiger partial charge is 0.352 e. The normalized spacial score (nSPS) is 13.8. The van der Waals surface area contributed by atoms with Crippen molar-refractivity contribution in [3.05, 3.63) is 17.5 Å². The Morgan fingerprint density at radius 3 is 2.85 bits per heavy atom. The zero-order valence-electron chi connectivity index (χ0n) is 7.21. The highest BCUT2D eigenvalue weighted by Crippen LogP contribution is 2.07. The number of nitrogens with two attached hydrogens (primary N) is 2. The quantitative estimate of drug-likeness (QED) is 0.417. The smallest absolute Gasteiger partial charge is 0.309 e. The Bertz CT molecular complexity index is 258. The number of nitrogens with zero attached hydrogens (tertiary/aromatic N) is 1. The third-order valence-electron chi connectivity index (χ3n) is 1.67. The molecule has 1 aromatic rings. The number of rotatable bonds is 0. The van der Waals surface area contributed by atoms with Crippen LogP contribution in [0.1, 0.15) is 11.3 Å². The van der Waals surface area contributed by atoms with Crippen LogP contribution in [0.2, 0.25) is 0 Å². The van der Waals surface area contributed by atoms with E-state index in [9.17, 15) is 0 Å². The van der Waals surface area contributed by atoms with Gasteiger partial charge in [0.15, 0.2) is 0 Å². The first kappa shape index (κ1) is 9.53. The van der Waals surface area contributed by atoms with Gasteiger partial charge in [0, 0.05) is 30.8 Å². The Morgan fingerprint density at radius 1 is 1.54 bits per heavy atom. The number of amides is 2. The van der Waals surface area contributed by atoms with Gasteiger partial charge in [0.2, 0.25) is 0 Å². The van der Waals surface area contributed by atoms with Crippen molar-refractivity contribution in [2.24, 2.45) is 11.5 Å². The second-order valence-electron chi connectivity index (χ2n) is 2.70. The number of aromatic nitrogens is 2. The SMILES string of the molecule is NC(N)=O.c1n[nH]c2c1CNCC2. The van der Waals surface area contributed by atoms with E-state index in [0.29, 0.717) is 0 Å². The maximum Gasteiger partial charge on any atom is 0.309 e. The molecule has 72 valence electrons. The minimum Gasteiger partial charge on any atom is -0.352 e. The zero-order chi connectivity index (χ0) is 9.68. The number of carbonyl (C=O) groups is 1. The number of hydrogen-bond acceptors (Lipinski definition) is 3. The molecule has 13 heavy (non-hydrogen) atoms. The number of fused-ring (bicyclic) bond motifs is 1. The molecular formula is C7H13N5O. The van der Waals surface area contributed by atoms with Crippen molar-refractivity contribution in [1.82, 2.24) is 15.5 Å². The highest BCUT2D eigenvalue weighted by molar-refractivity contribution is 5.69. The zero-order valence-corrected chi connectivity index (χ0v) is 7.21. The lowest BCUT2D eigenvalue weighted by molar-refractivity contribution is 0.256. The van der Waals surface area contributed by atoms with Gasteiger partial charge in [0.25, 0.3) is 0 Å². The lowest BCUT2D eigenvalue weighted by Crippen LogP contribution is -2.22. The van der Waals surface area contributed by atoms with E-state index in [-0.39, 0.29) is 0 Å². The molecular weight excluding hydrogens is 170 g/mol. The Balaban J connectivity index is 0.000000184. The molecule has 6 N–H and O–H groups in total. The van der Waals surface area contributed by atoms with Gasteiger partial charge in [-0.3, -0.25) is 5.10 Å². The van der Waals surface area contributed by atoms with Gasteiger partial charge in [0.05, 0.1) is 6.20 Å². The molecule has 0 atom stereocenters. The topological polar surface area (TPSA) is 110 Å². The number of carbonyl (C=O) groups excluding carboxylic acids is 1. The van der Waals surface area contributed by atoms with E-state index in [1.807, 2.05) is 6.20 Å². The fourth-order valence-electron chi connectivity index (χ4n) is 1.14. The van der Waals surface area contributed by atoms with Gasteiger partial charge in [0.1, 0.15) is 0 Å². The van der Waals surface area contributed by atoms with Crippen molar-refractivity contribution < 1.29 is 4.79 Å². The molecule has 0 bridgehead atoms. The summed E-state index contributed by atoms with van der Waals surface area (Å²) >= 11 is 0. The molecule has 2 rings (SSSR count). The Kier molecular flexibility index (Phi) is 3.27. The summed E-state index contributed by atoms with van der Waals surface area (Å²) in [6.07, 6.45) is 2.98. The lowest BCUT2D eigenvalue weighted by atomic mass is 10.1. The number of nitrogens with one attached hydrogen (secondary N) is 2. The first-order valence-corrected chi connectivity index (χ1v) is 3.97. The number of H-pyrrole nitrogens is 1. The minimum atomic E-state index is -0.833. The van der Waals surface area contributed by atoms with E-state index in [1.165, 1.54) is 11.3 Å². The van der Waals surface area contributed by atoms with Crippen LogP contribution in [0.3, 0.4) is 0 Å². The van der Waals surface area contributed by atoms with Crippen molar-refractivity contribution in [1.29, 1.82) is 0 Å². The number of urea groups is 1. The molecule has 0 aliphatic carbocycles. The van der Waals surface area contributed by atoms with E-state index >= 15 is 0 Å². The van der Waals surface area contributed by atoms with Gasteiger partial charge in [-0.15, -0.1) is 0 Å². The van der Waals surface area contributed by atoms with Crippen molar-refractivity contribution in [2.75, 3.05) is 6.54 Å². The van der Waals surface area contributed by atoms with Crippen LogP contribution >= 0.6 is 0 Å². The van der Waals surface area contributed by atoms with Gasteiger partial charge in [-0.25, -0.2) is 4.79 Å². The van der Waals surface area contributed by atoms with Gasteiger partial charge < -0.3 is 16.8 Å². The second-order valence-corrected chi connectivity index (χ2v) is 2.70. The highest BCUT2D eigenvalue weighted by atomic mass is 16.2. The van der Waals surface area contributed by atoms with Crippen LogP contribution in [0.5, 0.6) is 0 Å². The molecule has 0 aromatic carbocycles. The Hall–Kier alpha value is -1.56. The van der Waals surface area contributed by atoms with E-state index in [2.05, 4.69) is 27.0 Å². The molecule has 0 spiro atoms. The van der Waals surface area contributed by atoms with Crippen molar-refractivity contribution in [3.63, 3.8) is 0 Å². The first-order valence-electron chi connectivity index (χ1n) is 3.97. The van der Waals surface area contributed by atoms with Crippen LogP contribution in [0, 0.1) is 0 Å². The molecule has 0 saturated heterocycles. The molecule has 0 fully saturated rings. The average molecular weight is 183 g/mol. The maximum atomic E-state index is 9.00. The summed E-state index contributed by atoms with van der Waals surface area (Å²) in [5.41, 5.74) is 11.1. The molecule has 0 unspecified atom stereocenters. The van der Waals surface area contributed by atoms with Crippen LogP contribution < -0.4 is 16.8 Å². The molecule has 2 heterocycles. The predicted octanol–water partition coefficient (Wildman–Crippen LogP) is -0.921. The predicted molar refractivity (Wildman–Crippen MR) is 47.8 cm³/mol. The van der Waals surface area contributed by atoms with Crippen molar-refractivity contribution in [3.8, 4) is 0 Å². The summed E-state index contributed by atoms with van der Waals surface area (Å²) in [5, 5.41) is 10.2. The third kappa shape index (κ3) is 3.12. The summed E-state index contributed by atoms with van der Waals surface area (Å²) in [6, 6.07) is -0.833. The van der Waals surface area contributed by atoms with E-state index in [1.54, 1.807) is 0 Å². The monoisotopic (exact) mass is 183 g/mol. The fraction of sp³-hybridized carbons (Fsp3) is 0.429. The first-order chi connectivity index (χ1) is 6.20. The van der Waals surface area contributed by atoms with Crippen LogP contribution in [-0.4, -0.2) is 22.8 Å². The lowest BCUT2D eigenvalue weighted by Gasteiger charge is -2.10. The van der Waals surface area contributed by atoms with Crippen LogP contribution in [0.25, 0.3) is 0 Å². The van der Waals surface area contributed by atoms with Crippen LogP contribution in [0.4, 0.5) is 4.79 Å².